The van der Waals surface area contributed by atoms with E-state index in [1.165, 1.54) is 18.3 Å². The Kier molecular flexibility index (Phi) is 8.56. The van der Waals surface area contributed by atoms with E-state index in [1.54, 1.807) is 4.90 Å². The minimum absolute atomic E-state index is 0.0734. The van der Waals surface area contributed by atoms with Crippen LogP contribution in [0.1, 0.15) is 61.8 Å². The fourth-order valence-electron chi connectivity index (χ4n) is 6.55. The monoisotopic (exact) mass is 659 g/mol. The molecule has 4 heterocycles. The Hall–Kier alpha value is -4.34. The molecular weight excluding hydrogens is 625 g/mol. The summed E-state index contributed by atoms with van der Waals surface area (Å²) in [7, 11) is 1.91. The number of aryl methyl sites for hydroxylation is 6. The predicted molar refractivity (Wildman–Crippen MR) is 181 cm³/mol. The van der Waals surface area contributed by atoms with Crippen LogP contribution in [-0.4, -0.2) is 49.5 Å². The molecule has 0 atom stereocenters. The first kappa shape index (κ1) is 31.6. The molecule has 5 aromatic rings. The summed E-state index contributed by atoms with van der Waals surface area (Å²) in [5, 5.41) is 16.5. The minimum Gasteiger partial charge on any atom is -0.494 e. The summed E-state index contributed by atoms with van der Waals surface area (Å²) in [6, 6.07) is 10.6. The number of halogens is 2. The van der Waals surface area contributed by atoms with E-state index in [-0.39, 0.29) is 11.5 Å². The van der Waals surface area contributed by atoms with E-state index < -0.39 is 5.97 Å². The van der Waals surface area contributed by atoms with Crippen LogP contribution >= 0.6 is 23.2 Å². The van der Waals surface area contributed by atoms with Crippen molar-refractivity contribution < 1.29 is 19.4 Å². The van der Waals surface area contributed by atoms with E-state index in [4.69, 9.17) is 27.9 Å². The number of benzene rings is 2. The number of ether oxygens (including phenoxy) is 1. The van der Waals surface area contributed by atoms with Gasteiger partial charge in [-0.2, -0.15) is 5.10 Å². The van der Waals surface area contributed by atoms with Crippen LogP contribution in [0.4, 0.5) is 5.82 Å². The molecule has 3 aromatic heterocycles. The standard InChI is InChI=1S/C35H35Cl2N5O4/c1-19-16-24(17-20(2)31(19)37)46-15-6-8-25-26-9-10-27(36)30(29-21(3)39-40(5)22(29)4)32(26)42-14-7-13-41(34(43)33(25)42)28-18-23(35(44)45)11-12-38-28/h9-12,16-18H,6-8,13-15H2,1-5H3,(H,44,45). The number of pyridine rings is 1. The molecule has 0 bridgehead atoms. The van der Waals surface area contributed by atoms with Crippen molar-refractivity contribution in [2.75, 3.05) is 18.1 Å². The third kappa shape index (κ3) is 5.52. The number of anilines is 1. The lowest BCUT2D eigenvalue weighted by Crippen LogP contribution is -2.32. The van der Waals surface area contributed by atoms with Crippen molar-refractivity contribution >= 4 is 51.8 Å². The van der Waals surface area contributed by atoms with Crippen molar-refractivity contribution in [2.45, 2.75) is 53.5 Å². The normalized spacial score (nSPS) is 13.3. The van der Waals surface area contributed by atoms with Gasteiger partial charge in [0.25, 0.3) is 5.91 Å². The van der Waals surface area contributed by atoms with Gasteiger partial charge in [0.15, 0.2) is 0 Å². The second-order valence-electron chi connectivity index (χ2n) is 11.8. The number of nitrogens with zero attached hydrogens (tertiary/aromatic N) is 5. The molecular formula is C35H35Cl2N5O4. The number of hydrogen-bond donors (Lipinski definition) is 1. The van der Waals surface area contributed by atoms with Crippen LogP contribution in [0.15, 0.2) is 42.6 Å². The van der Waals surface area contributed by atoms with Gasteiger partial charge in [-0.05, 0) is 94.0 Å². The van der Waals surface area contributed by atoms with E-state index in [0.717, 1.165) is 60.9 Å². The Balaban J connectivity index is 1.47. The Morgan fingerprint density at radius 1 is 1.02 bits per heavy atom. The fourth-order valence-corrected chi connectivity index (χ4v) is 6.91. The third-order valence-corrected chi connectivity index (χ3v) is 9.68. The molecule has 0 spiro atoms. The molecule has 46 heavy (non-hydrogen) atoms. The van der Waals surface area contributed by atoms with Crippen molar-refractivity contribution in [3.63, 3.8) is 0 Å². The van der Waals surface area contributed by atoms with Gasteiger partial charge in [0.1, 0.15) is 17.3 Å². The Morgan fingerprint density at radius 3 is 2.43 bits per heavy atom. The van der Waals surface area contributed by atoms with E-state index in [1.807, 2.05) is 63.7 Å². The zero-order chi connectivity index (χ0) is 32.9. The fraction of sp³-hybridized carbons (Fsp3) is 0.314. The Labute approximate surface area is 277 Å². The third-order valence-electron chi connectivity index (χ3n) is 8.77. The molecule has 0 aliphatic carbocycles. The van der Waals surface area contributed by atoms with Crippen molar-refractivity contribution in [3.05, 3.63) is 92.0 Å². The summed E-state index contributed by atoms with van der Waals surface area (Å²) in [5.41, 5.74) is 7.95. The molecule has 11 heteroatoms. The number of aromatic nitrogens is 4. The highest BCUT2D eigenvalue weighted by molar-refractivity contribution is 6.35. The van der Waals surface area contributed by atoms with Crippen LogP contribution < -0.4 is 9.64 Å². The number of carbonyl (C=O) groups is 2. The van der Waals surface area contributed by atoms with E-state index in [0.29, 0.717) is 55.5 Å². The summed E-state index contributed by atoms with van der Waals surface area (Å²) >= 11 is 13.3. The first-order chi connectivity index (χ1) is 22.0. The number of aromatic carboxylic acids is 1. The molecule has 1 aliphatic heterocycles. The average molecular weight is 661 g/mol. The second-order valence-corrected chi connectivity index (χ2v) is 12.6. The van der Waals surface area contributed by atoms with Gasteiger partial charge in [0, 0.05) is 53.6 Å². The molecule has 6 rings (SSSR count). The average Bonchev–Trinajstić information content (AvgIpc) is 3.39. The molecule has 0 saturated heterocycles. The molecule has 1 N–H and O–H groups in total. The van der Waals surface area contributed by atoms with E-state index in [9.17, 15) is 14.7 Å². The van der Waals surface area contributed by atoms with Crippen LogP contribution in [0.3, 0.4) is 0 Å². The molecule has 0 fully saturated rings. The quantitative estimate of drug-likeness (QED) is 0.171. The maximum absolute atomic E-state index is 14.6. The van der Waals surface area contributed by atoms with Gasteiger partial charge >= 0.3 is 5.97 Å². The highest BCUT2D eigenvalue weighted by Crippen LogP contribution is 2.43. The van der Waals surface area contributed by atoms with Crippen LogP contribution in [0.25, 0.3) is 22.0 Å². The zero-order valence-electron chi connectivity index (χ0n) is 26.4. The topological polar surface area (TPSA) is 102 Å². The van der Waals surface area contributed by atoms with E-state index in [2.05, 4.69) is 14.6 Å². The summed E-state index contributed by atoms with van der Waals surface area (Å²) in [6.45, 7) is 9.29. The van der Waals surface area contributed by atoms with Gasteiger partial charge in [-0.15, -0.1) is 0 Å². The predicted octanol–water partition coefficient (Wildman–Crippen LogP) is 7.74. The smallest absolute Gasteiger partial charge is 0.335 e. The SMILES string of the molecule is Cc1cc(OCCCc2c3n(c4c(-c5c(C)nn(C)c5C)c(Cl)ccc24)CCCN(c2cc(C(=O)O)ccn2)C3=O)cc(C)c1Cl. The van der Waals surface area contributed by atoms with Gasteiger partial charge in [0.05, 0.1) is 28.4 Å². The molecule has 0 unspecified atom stereocenters. The lowest BCUT2D eigenvalue weighted by molar-refractivity contribution is 0.0696. The molecule has 0 radical (unpaired) electrons. The minimum atomic E-state index is -1.08. The van der Waals surface area contributed by atoms with Gasteiger partial charge in [-0.25, -0.2) is 9.78 Å². The molecule has 1 aliphatic rings. The second kappa shape index (κ2) is 12.5. The van der Waals surface area contributed by atoms with Gasteiger partial charge in [0.2, 0.25) is 0 Å². The zero-order valence-corrected chi connectivity index (χ0v) is 28.0. The largest absolute Gasteiger partial charge is 0.494 e. The van der Waals surface area contributed by atoms with Gasteiger partial charge < -0.3 is 14.4 Å². The van der Waals surface area contributed by atoms with Crippen LogP contribution in [0, 0.1) is 27.7 Å². The maximum Gasteiger partial charge on any atom is 0.335 e. The number of carbonyl (C=O) groups excluding carboxylic acids is 1. The first-order valence-corrected chi connectivity index (χ1v) is 16.0. The first-order valence-electron chi connectivity index (χ1n) is 15.2. The van der Waals surface area contributed by atoms with Crippen molar-refractivity contribution in [1.82, 2.24) is 19.3 Å². The number of carboxylic acid groups (broad SMARTS) is 1. The van der Waals surface area contributed by atoms with Crippen LogP contribution in [-0.2, 0) is 20.0 Å². The number of fused-ring (bicyclic) bond motifs is 3. The number of rotatable bonds is 8. The van der Waals surface area contributed by atoms with Crippen molar-refractivity contribution in [1.29, 1.82) is 0 Å². The summed E-state index contributed by atoms with van der Waals surface area (Å²) in [6.07, 6.45) is 3.28. The van der Waals surface area contributed by atoms with Crippen molar-refractivity contribution in [3.8, 4) is 16.9 Å². The van der Waals surface area contributed by atoms with Crippen LogP contribution in [0.2, 0.25) is 10.0 Å². The molecule has 2 aromatic carbocycles. The van der Waals surface area contributed by atoms with Gasteiger partial charge in [-0.3, -0.25) is 14.4 Å². The summed E-state index contributed by atoms with van der Waals surface area (Å²) in [4.78, 5) is 32.3. The highest BCUT2D eigenvalue weighted by atomic mass is 35.5. The highest BCUT2D eigenvalue weighted by Gasteiger charge is 2.33. The van der Waals surface area contributed by atoms with Crippen molar-refractivity contribution in [2.24, 2.45) is 7.05 Å². The number of amides is 1. The Morgan fingerprint density at radius 2 is 1.76 bits per heavy atom. The maximum atomic E-state index is 14.6. The lowest BCUT2D eigenvalue weighted by Gasteiger charge is -2.20. The summed E-state index contributed by atoms with van der Waals surface area (Å²) in [5.74, 6) is -0.245. The lowest BCUT2D eigenvalue weighted by atomic mass is 9.98. The van der Waals surface area contributed by atoms with Gasteiger partial charge in [-0.1, -0.05) is 29.3 Å². The molecule has 238 valence electrons. The summed E-state index contributed by atoms with van der Waals surface area (Å²) < 4.78 is 10.1. The Bertz CT molecular complexity index is 2010. The molecule has 1 amide bonds. The number of carboxylic acids is 1. The van der Waals surface area contributed by atoms with E-state index >= 15 is 0 Å². The number of hydrogen-bond acceptors (Lipinski definition) is 5. The van der Waals surface area contributed by atoms with Crippen LogP contribution in [0.5, 0.6) is 5.75 Å². The molecule has 0 saturated carbocycles. The molecule has 9 nitrogen and oxygen atoms in total.